The van der Waals surface area contributed by atoms with E-state index in [1.54, 1.807) is 0 Å². The summed E-state index contributed by atoms with van der Waals surface area (Å²) in [4.78, 5) is 9.44. The second-order valence-corrected chi connectivity index (χ2v) is 3.30. The molecule has 0 radical (unpaired) electrons. The maximum absolute atomic E-state index is 9.44. The standard InChI is InChI=1S/C6H12.C3H6O/c1-6-4-2-3-5-6;1-3(2)4/h6H,2-5H2,1H3;1-2H3. The van der Waals surface area contributed by atoms with Crippen LogP contribution in [0.15, 0.2) is 0 Å². The highest BCUT2D eigenvalue weighted by atomic mass is 16.1. The van der Waals surface area contributed by atoms with E-state index in [2.05, 4.69) is 6.92 Å². The molecule has 0 heterocycles. The third kappa shape index (κ3) is 7.67. The summed E-state index contributed by atoms with van der Waals surface area (Å²) in [6, 6.07) is 0. The number of Topliss-reactive ketones (excluding diaryl/α,β-unsaturated/α-hetero) is 1. The van der Waals surface area contributed by atoms with Gasteiger partial charge in [0.2, 0.25) is 0 Å². The Kier molecular flexibility index (Phi) is 5.27. The average Bonchev–Trinajstić information content (AvgIpc) is 2.15. The summed E-state index contributed by atoms with van der Waals surface area (Å²) in [5.41, 5.74) is 0. The summed E-state index contributed by atoms with van der Waals surface area (Å²) < 4.78 is 0. The molecule has 1 fully saturated rings. The Hall–Kier alpha value is -0.330. The Bertz CT molecular complexity index is 86.9. The minimum Gasteiger partial charge on any atom is -0.300 e. The molecule has 60 valence electrons. The summed E-state index contributed by atoms with van der Waals surface area (Å²) in [6.07, 6.45) is 5.95. The molecule has 0 spiro atoms. The van der Waals surface area contributed by atoms with Gasteiger partial charge in [-0.05, 0) is 19.8 Å². The van der Waals surface area contributed by atoms with Crippen LogP contribution in [0.1, 0.15) is 46.5 Å². The Morgan fingerprint density at radius 2 is 1.50 bits per heavy atom. The highest BCUT2D eigenvalue weighted by molar-refractivity contribution is 5.72. The zero-order valence-corrected chi connectivity index (χ0v) is 7.31. The molecule has 1 nitrogen and oxygen atoms in total. The Labute approximate surface area is 63.8 Å². The lowest BCUT2D eigenvalue weighted by Crippen LogP contribution is -1.78. The van der Waals surface area contributed by atoms with Crippen LogP contribution in [0.3, 0.4) is 0 Å². The highest BCUT2D eigenvalue weighted by Gasteiger charge is 2.07. The molecule has 0 aliphatic heterocycles. The molecule has 0 aromatic carbocycles. The first kappa shape index (κ1) is 9.67. The lowest BCUT2D eigenvalue weighted by atomic mass is 10.2. The van der Waals surface area contributed by atoms with Crippen LogP contribution in [0.25, 0.3) is 0 Å². The molecular weight excluding hydrogens is 124 g/mol. The molecule has 1 aliphatic rings. The minimum absolute atomic E-state index is 0.167. The van der Waals surface area contributed by atoms with Crippen LogP contribution in [-0.4, -0.2) is 5.78 Å². The lowest BCUT2D eigenvalue weighted by molar-refractivity contribution is -0.114. The quantitative estimate of drug-likeness (QED) is 0.508. The van der Waals surface area contributed by atoms with Crippen LogP contribution in [0, 0.1) is 5.92 Å². The molecular formula is C9H18O. The van der Waals surface area contributed by atoms with Crippen molar-refractivity contribution in [3.63, 3.8) is 0 Å². The number of hydrogen-bond donors (Lipinski definition) is 0. The van der Waals surface area contributed by atoms with Crippen LogP contribution >= 0.6 is 0 Å². The summed E-state index contributed by atoms with van der Waals surface area (Å²) in [7, 11) is 0. The molecule has 10 heavy (non-hydrogen) atoms. The van der Waals surface area contributed by atoms with Gasteiger partial charge in [0.1, 0.15) is 5.78 Å². The zero-order chi connectivity index (χ0) is 7.98. The van der Waals surface area contributed by atoms with Crippen molar-refractivity contribution in [3.05, 3.63) is 0 Å². The molecule has 1 aliphatic carbocycles. The summed E-state index contributed by atoms with van der Waals surface area (Å²) in [5, 5.41) is 0. The second-order valence-electron chi connectivity index (χ2n) is 3.30. The molecule has 0 bridgehead atoms. The first-order valence-corrected chi connectivity index (χ1v) is 4.10. The van der Waals surface area contributed by atoms with E-state index in [1.165, 1.54) is 39.5 Å². The highest BCUT2D eigenvalue weighted by Crippen LogP contribution is 2.22. The van der Waals surface area contributed by atoms with Crippen molar-refractivity contribution in [2.75, 3.05) is 0 Å². The Morgan fingerprint density at radius 3 is 1.60 bits per heavy atom. The van der Waals surface area contributed by atoms with Gasteiger partial charge in [0, 0.05) is 0 Å². The van der Waals surface area contributed by atoms with Gasteiger partial charge in [0.15, 0.2) is 0 Å². The van der Waals surface area contributed by atoms with Crippen molar-refractivity contribution in [1.82, 2.24) is 0 Å². The van der Waals surface area contributed by atoms with Crippen molar-refractivity contribution in [2.45, 2.75) is 46.5 Å². The fourth-order valence-electron chi connectivity index (χ4n) is 1.13. The van der Waals surface area contributed by atoms with Crippen LogP contribution < -0.4 is 0 Å². The van der Waals surface area contributed by atoms with Gasteiger partial charge in [-0.3, -0.25) is 0 Å². The van der Waals surface area contributed by atoms with Crippen LogP contribution in [0.5, 0.6) is 0 Å². The van der Waals surface area contributed by atoms with Crippen molar-refractivity contribution in [1.29, 1.82) is 0 Å². The van der Waals surface area contributed by atoms with Gasteiger partial charge < -0.3 is 4.79 Å². The van der Waals surface area contributed by atoms with Gasteiger partial charge >= 0.3 is 0 Å². The zero-order valence-electron chi connectivity index (χ0n) is 7.31. The van der Waals surface area contributed by atoms with Crippen molar-refractivity contribution in [2.24, 2.45) is 5.92 Å². The molecule has 0 unspecified atom stereocenters. The third-order valence-electron chi connectivity index (χ3n) is 1.64. The van der Waals surface area contributed by atoms with E-state index < -0.39 is 0 Å². The Morgan fingerprint density at radius 1 is 1.20 bits per heavy atom. The summed E-state index contributed by atoms with van der Waals surface area (Å²) >= 11 is 0. The van der Waals surface area contributed by atoms with Gasteiger partial charge in [0.05, 0.1) is 0 Å². The number of carbonyl (C=O) groups is 1. The Balaban J connectivity index is 0.000000180. The van der Waals surface area contributed by atoms with E-state index in [-0.39, 0.29) is 5.78 Å². The average molecular weight is 142 g/mol. The molecule has 0 amide bonds. The van der Waals surface area contributed by atoms with Gasteiger partial charge in [-0.1, -0.05) is 32.6 Å². The first-order valence-electron chi connectivity index (χ1n) is 4.10. The number of hydrogen-bond acceptors (Lipinski definition) is 1. The molecule has 0 N–H and O–H groups in total. The molecule has 0 aromatic heterocycles. The monoisotopic (exact) mass is 142 g/mol. The fourth-order valence-corrected chi connectivity index (χ4v) is 1.13. The molecule has 1 saturated carbocycles. The molecule has 0 aromatic rings. The van der Waals surface area contributed by atoms with Gasteiger partial charge in [-0.15, -0.1) is 0 Å². The molecule has 1 heteroatoms. The minimum atomic E-state index is 0.167. The van der Waals surface area contributed by atoms with E-state index in [0.717, 1.165) is 5.92 Å². The lowest BCUT2D eigenvalue weighted by Gasteiger charge is -1.91. The maximum atomic E-state index is 9.44. The molecule has 0 atom stereocenters. The predicted molar refractivity (Wildman–Crippen MR) is 44.0 cm³/mol. The van der Waals surface area contributed by atoms with Gasteiger partial charge in [-0.25, -0.2) is 0 Å². The first-order chi connectivity index (χ1) is 4.63. The van der Waals surface area contributed by atoms with Gasteiger partial charge in [-0.2, -0.15) is 0 Å². The van der Waals surface area contributed by atoms with Crippen LogP contribution in [-0.2, 0) is 4.79 Å². The van der Waals surface area contributed by atoms with Crippen molar-refractivity contribution < 1.29 is 4.79 Å². The van der Waals surface area contributed by atoms with Crippen molar-refractivity contribution >= 4 is 5.78 Å². The topological polar surface area (TPSA) is 17.1 Å². The number of rotatable bonds is 0. The van der Waals surface area contributed by atoms with Crippen molar-refractivity contribution in [3.8, 4) is 0 Å². The smallest absolute Gasteiger partial charge is 0.126 e. The van der Waals surface area contributed by atoms with E-state index in [9.17, 15) is 4.79 Å². The molecule has 1 rings (SSSR count). The van der Waals surface area contributed by atoms with E-state index in [0.29, 0.717) is 0 Å². The van der Waals surface area contributed by atoms with E-state index in [4.69, 9.17) is 0 Å². The predicted octanol–water partition coefficient (Wildman–Crippen LogP) is 2.79. The maximum Gasteiger partial charge on any atom is 0.126 e. The largest absolute Gasteiger partial charge is 0.300 e. The second kappa shape index (κ2) is 5.45. The summed E-state index contributed by atoms with van der Waals surface area (Å²) in [5.74, 6) is 1.21. The van der Waals surface area contributed by atoms with E-state index in [1.807, 2.05) is 0 Å². The van der Waals surface area contributed by atoms with E-state index >= 15 is 0 Å². The SMILES string of the molecule is CC(C)=O.CC1CCCC1. The number of carbonyl (C=O) groups excluding carboxylic acids is 1. The fraction of sp³-hybridized carbons (Fsp3) is 0.889. The third-order valence-corrected chi connectivity index (χ3v) is 1.64. The summed E-state index contributed by atoms with van der Waals surface area (Å²) in [6.45, 7) is 5.40. The normalized spacial score (nSPS) is 17.9. The number of ketones is 1. The van der Waals surface area contributed by atoms with Gasteiger partial charge in [0.25, 0.3) is 0 Å². The van der Waals surface area contributed by atoms with Crippen LogP contribution in [0.4, 0.5) is 0 Å². The molecule has 0 saturated heterocycles. The van der Waals surface area contributed by atoms with Crippen LogP contribution in [0.2, 0.25) is 0 Å².